The maximum absolute atomic E-state index is 12.7. The van der Waals surface area contributed by atoms with E-state index in [0.29, 0.717) is 22.1 Å². The van der Waals surface area contributed by atoms with Gasteiger partial charge in [-0.25, -0.2) is 9.59 Å². The quantitative estimate of drug-likeness (QED) is 0.383. The zero-order valence-electron chi connectivity index (χ0n) is 14.6. The van der Waals surface area contributed by atoms with Crippen LogP contribution in [0.3, 0.4) is 0 Å². The molecule has 4 rings (SSSR count). The molecule has 4 aromatic rings. The number of aryl methyl sites for hydroxylation is 1. The summed E-state index contributed by atoms with van der Waals surface area (Å²) in [5, 5.41) is 0.567. The number of rotatable bonds is 3. The molecular formula is C23H16O4. The van der Waals surface area contributed by atoms with Crippen LogP contribution in [0, 0.1) is 6.92 Å². The maximum atomic E-state index is 12.7. The summed E-state index contributed by atoms with van der Waals surface area (Å²) in [7, 11) is 0. The van der Waals surface area contributed by atoms with E-state index in [4.69, 9.17) is 9.15 Å². The van der Waals surface area contributed by atoms with Crippen molar-refractivity contribution in [3.63, 3.8) is 0 Å². The molecule has 0 fully saturated rings. The minimum Gasteiger partial charge on any atom is -0.422 e. The Balaban J connectivity index is 1.92. The highest BCUT2D eigenvalue weighted by atomic mass is 16.5. The molecule has 27 heavy (non-hydrogen) atoms. The summed E-state index contributed by atoms with van der Waals surface area (Å²) in [6.45, 7) is 1.90. The molecular weight excluding hydrogens is 340 g/mol. The predicted molar refractivity (Wildman–Crippen MR) is 104 cm³/mol. The summed E-state index contributed by atoms with van der Waals surface area (Å²) in [6, 6.07) is 23.2. The van der Waals surface area contributed by atoms with E-state index in [-0.39, 0.29) is 11.3 Å². The van der Waals surface area contributed by atoms with Crippen LogP contribution < -0.4 is 10.4 Å². The molecule has 1 aromatic heterocycles. The van der Waals surface area contributed by atoms with Gasteiger partial charge in [0.15, 0.2) is 5.75 Å². The van der Waals surface area contributed by atoms with Crippen molar-refractivity contribution in [1.82, 2.24) is 0 Å². The van der Waals surface area contributed by atoms with Crippen LogP contribution in [0.2, 0.25) is 0 Å². The third kappa shape index (κ3) is 3.25. The number of carbonyl (C=O) groups is 1. The second-order valence-electron chi connectivity index (χ2n) is 6.21. The fourth-order valence-electron chi connectivity index (χ4n) is 3.00. The van der Waals surface area contributed by atoms with Crippen molar-refractivity contribution in [3.05, 3.63) is 100 Å². The van der Waals surface area contributed by atoms with Gasteiger partial charge in [-0.2, -0.15) is 0 Å². The van der Waals surface area contributed by atoms with E-state index in [0.717, 1.165) is 5.56 Å². The van der Waals surface area contributed by atoms with Crippen LogP contribution in [0.15, 0.2) is 88.1 Å². The van der Waals surface area contributed by atoms with Gasteiger partial charge in [0.2, 0.25) is 0 Å². The lowest BCUT2D eigenvalue weighted by molar-refractivity contribution is 0.0737. The molecule has 0 amide bonds. The normalized spacial score (nSPS) is 10.7. The molecule has 0 bridgehead atoms. The number of hydrogen-bond acceptors (Lipinski definition) is 4. The minimum absolute atomic E-state index is 0.208. The van der Waals surface area contributed by atoms with Crippen molar-refractivity contribution in [2.75, 3.05) is 0 Å². The van der Waals surface area contributed by atoms with Gasteiger partial charge < -0.3 is 9.15 Å². The zero-order valence-corrected chi connectivity index (χ0v) is 14.6. The molecule has 4 nitrogen and oxygen atoms in total. The molecule has 0 spiro atoms. The van der Waals surface area contributed by atoms with Gasteiger partial charge in [0, 0.05) is 0 Å². The highest BCUT2D eigenvalue weighted by Crippen LogP contribution is 2.34. The molecule has 0 aliphatic carbocycles. The Hall–Kier alpha value is -3.66. The van der Waals surface area contributed by atoms with Crippen LogP contribution in [0.1, 0.15) is 15.9 Å². The monoisotopic (exact) mass is 356 g/mol. The Morgan fingerprint density at radius 1 is 0.889 bits per heavy atom. The smallest absolute Gasteiger partial charge is 0.348 e. The van der Waals surface area contributed by atoms with E-state index in [9.17, 15) is 9.59 Å². The lowest BCUT2D eigenvalue weighted by Gasteiger charge is -2.12. The van der Waals surface area contributed by atoms with Crippen LogP contribution in [-0.2, 0) is 0 Å². The Kier molecular flexibility index (Phi) is 4.30. The number of para-hydroxylation sites is 1. The number of carbonyl (C=O) groups excluding carboxylic acids is 1. The summed E-state index contributed by atoms with van der Waals surface area (Å²) in [5.74, 6) is -0.314. The SMILES string of the molecule is Cc1cccc(C(=O)Oc2c(-c3ccccc3)c(=O)oc3ccccc23)c1. The fraction of sp³-hybridized carbons (Fsp3) is 0.0435. The van der Waals surface area contributed by atoms with Crippen molar-refractivity contribution in [2.45, 2.75) is 6.92 Å². The van der Waals surface area contributed by atoms with Gasteiger partial charge in [0.1, 0.15) is 11.1 Å². The second-order valence-corrected chi connectivity index (χ2v) is 6.21. The van der Waals surface area contributed by atoms with E-state index < -0.39 is 11.6 Å². The maximum Gasteiger partial charge on any atom is 0.348 e. The first-order chi connectivity index (χ1) is 13.1. The Morgan fingerprint density at radius 3 is 2.41 bits per heavy atom. The number of benzene rings is 3. The molecule has 1 heterocycles. The molecule has 0 aliphatic rings. The van der Waals surface area contributed by atoms with Gasteiger partial charge in [0.05, 0.1) is 10.9 Å². The Morgan fingerprint density at radius 2 is 1.63 bits per heavy atom. The molecule has 132 valence electrons. The predicted octanol–water partition coefficient (Wildman–Crippen LogP) is 4.99. The van der Waals surface area contributed by atoms with Crippen LogP contribution in [0.5, 0.6) is 5.75 Å². The van der Waals surface area contributed by atoms with Crippen LogP contribution in [0.25, 0.3) is 22.1 Å². The summed E-state index contributed by atoms with van der Waals surface area (Å²) in [5.41, 5.74) is 2.05. The summed E-state index contributed by atoms with van der Waals surface area (Å²) >= 11 is 0. The molecule has 0 radical (unpaired) electrons. The van der Waals surface area contributed by atoms with Crippen molar-refractivity contribution >= 4 is 16.9 Å². The number of fused-ring (bicyclic) bond motifs is 1. The average molecular weight is 356 g/mol. The van der Waals surface area contributed by atoms with Crippen molar-refractivity contribution in [3.8, 4) is 16.9 Å². The van der Waals surface area contributed by atoms with Gasteiger partial charge >= 0.3 is 11.6 Å². The van der Waals surface area contributed by atoms with Crippen molar-refractivity contribution in [2.24, 2.45) is 0 Å². The van der Waals surface area contributed by atoms with E-state index in [1.54, 1.807) is 54.6 Å². The molecule has 0 saturated carbocycles. The van der Waals surface area contributed by atoms with Crippen molar-refractivity contribution < 1.29 is 13.9 Å². The third-order valence-corrected chi connectivity index (χ3v) is 4.28. The highest BCUT2D eigenvalue weighted by Gasteiger charge is 2.21. The van der Waals surface area contributed by atoms with E-state index in [2.05, 4.69) is 0 Å². The zero-order chi connectivity index (χ0) is 18.8. The summed E-state index contributed by atoms with van der Waals surface area (Å²) < 4.78 is 11.2. The first-order valence-corrected chi connectivity index (χ1v) is 8.53. The number of ether oxygens (including phenoxy) is 1. The average Bonchev–Trinajstić information content (AvgIpc) is 2.68. The molecule has 3 aromatic carbocycles. The van der Waals surface area contributed by atoms with Crippen molar-refractivity contribution in [1.29, 1.82) is 0 Å². The molecule has 0 N–H and O–H groups in total. The third-order valence-electron chi connectivity index (χ3n) is 4.28. The van der Waals surface area contributed by atoms with Gasteiger partial charge in [0.25, 0.3) is 0 Å². The van der Waals surface area contributed by atoms with Crippen LogP contribution in [0.4, 0.5) is 0 Å². The Bertz CT molecular complexity index is 1190. The lowest BCUT2D eigenvalue weighted by atomic mass is 10.0. The first kappa shape index (κ1) is 16.8. The van der Waals surface area contributed by atoms with Gasteiger partial charge in [-0.3, -0.25) is 0 Å². The van der Waals surface area contributed by atoms with E-state index in [1.807, 2.05) is 31.2 Å². The number of esters is 1. The largest absolute Gasteiger partial charge is 0.422 e. The fourth-order valence-corrected chi connectivity index (χ4v) is 3.00. The summed E-state index contributed by atoms with van der Waals surface area (Å²) in [4.78, 5) is 25.4. The molecule has 0 saturated heterocycles. The second kappa shape index (κ2) is 6.92. The van der Waals surface area contributed by atoms with Crippen LogP contribution >= 0.6 is 0 Å². The Labute approximate surface area is 155 Å². The van der Waals surface area contributed by atoms with Gasteiger partial charge in [-0.1, -0.05) is 60.2 Å². The highest BCUT2D eigenvalue weighted by molar-refractivity contribution is 5.97. The lowest BCUT2D eigenvalue weighted by Crippen LogP contribution is -2.13. The van der Waals surface area contributed by atoms with E-state index in [1.165, 1.54) is 0 Å². The van der Waals surface area contributed by atoms with E-state index >= 15 is 0 Å². The number of hydrogen-bond donors (Lipinski definition) is 0. The standard InChI is InChI=1S/C23H16O4/c1-15-8-7-11-17(14-15)22(24)27-21-18-12-5-6-13-19(18)26-23(25)20(21)16-9-3-2-4-10-16/h2-14H,1H3. The van der Waals surface area contributed by atoms with Crippen LogP contribution in [-0.4, -0.2) is 5.97 Å². The van der Waals surface area contributed by atoms with Gasteiger partial charge in [-0.05, 0) is 36.8 Å². The molecule has 4 heteroatoms. The topological polar surface area (TPSA) is 56.5 Å². The summed E-state index contributed by atoms with van der Waals surface area (Å²) in [6.07, 6.45) is 0. The molecule has 0 atom stereocenters. The molecule has 0 aliphatic heterocycles. The molecule has 0 unspecified atom stereocenters. The van der Waals surface area contributed by atoms with Gasteiger partial charge in [-0.15, -0.1) is 0 Å². The minimum atomic E-state index is -0.549. The first-order valence-electron chi connectivity index (χ1n) is 8.53.